The third-order valence-electron chi connectivity index (χ3n) is 3.92. The SMILES string of the molecule is COc1ccc(NC(=O)c2ccc(-c3ccc(OC)cc3)cc2)cc1. The van der Waals surface area contributed by atoms with Crippen molar-refractivity contribution >= 4 is 11.6 Å². The highest BCUT2D eigenvalue weighted by atomic mass is 16.5. The van der Waals surface area contributed by atoms with E-state index in [-0.39, 0.29) is 5.91 Å². The molecule has 0 aliphatic heterocycles. The molecule has 3 rings (SSSR count). The molecule has 3 aromatic carbocycles. The van der Waals surface area contributed by atoms with Gasteiger partial charge in [-0.1, -0.05) is 24.3 Å². The molecule has 0 unspecified atom stereocenters. The average Bonchev–Trinajstić information content (AvgIpc) is 2.69. The summed E-state index contributed by atoms with van der Waals surface area (Å²) in [6, 6.07) is 22.6. The molecule has 1 amide bonds. The monoisotopic (exact) mass is 333 g/mol. The molecule has 0 spiro atoms. The van der Waals surface area contributed by atoms with E-state index in [9.17, 15) is 4.79 Å². The number of hydrogen-bond acceptors (Lipinski definition) is 3. The van der Waals surface area contributed by atoms with Crippen molar-refractivity contribution in [3.8, 4) is 22.6 Å². The van der Waals surface area contributed by atoms with Gasteiger partial charge >= 0.3 is 0 Å². The quantitative estimate of drug-likeness (QED) is 0.741. The summed E-state index contributed by atoms with van der Waals surface area (Å²) >= 11 is 0. The van der Waals surface area contributed by atoms with Crippen LogP contribution in [0.3, 0.4) is 0 Å². The fraction of sp³-hybridized carbons (Fsp3) is 0.0952. The summed E-state index contributed by atoms with van der Waals surface area (Å²) in [5, 5.41) is 2.87. The Hall–Kier alpha value is -3.27. The first-order valence-corrected chi connectivity index (χ1v) is 7.89. The third kappa shape index (κ3) is 3.98. The van der Waals surface area contributed by atoms with E-state index in [1.54, 1.807) is 14.2 Å². The second-order valence-corrected chi connectivity index (χ2v) is 5.49. The highest BCUT2D eigenvalue weighted by molar-refractivity contribution is 6.04. The zero-order valence-electron chi connectivity index (χ0n) is 14.2. The van der Waals surface area contributed by atoms with Crippen LogP contribution in [0.25, 0.3) is 11.1 Å². The minimum Gasteiger partial charge on any atom is -0.497 e. The molecular formula is C21H19NO3. The zero-order valence-corrected chi connectivity index (χ0v) is 14.2. The normalized spacial score (nSPS) is 10.2. The molecule has 0 saturated heterocycles. The van der Waals surface area contributed by atoms with E-state index in [0.717, 1.165) is 28.3 Å². The summed E-state index contributed by atoms with van der Waals surface area (Å²) in [5.74, 6) is 1.42. The molecule has 0 atom stereocenters. The molecule has 0 heterocycles. The van der Waals surface area contributed by atoms with Gasteiger partial charge in [0.05, 0.1) is 14.2 Å². The Morgan fingerprint density at radius 3 is 1.60 bits per heavy atom. The molecule has 0 aromatic heterocycles. The molecule has 4 heteroatoms. The van der Waals surface area contributed by atoms with Gasteiger partial charge in [-0.15, -0.1) is 0 Å². The molecule has 0 fully saturated rings. The Kier molecular flexibility index (Phi) is 5.00. The maximum Gasteiger partial charge on any atom is 0.255 e. The zero-order chi connectivity index (χ0) is 17.6. The van der Waals surface area contributed by atoms with Crippen LogP contribution in [0.4, 0.5) is 5.69 Å². The topological polar surface area (TPSA) is 47.6 Å². The first-order valence-electron chi connectivity index (χ1n) is 7.89. The van der Waals surface area contributed by atoms with Crippen molar-refractivity contribution in [1.82, 2.24) is 0 Å². The number of methoxy groups -OCH3 is 2. The standard InChI is InChI=1S/C21H19NO3/c1-24-19-11-7-16(8-12-19)15-3-5-17(6-4-15)21(23)22-18-9-13-20(25-2)14-10-18/h3-14H,1-2H3,(H,22,23). The lowest BCUT2D eigenvalue weighted by Gasteiger charge is -2.08. The van der Waals surface area contributed by atoms with Crippen LogP contribution in [0, 0.1) is 0 Å². The predicted octanol–water partition coefficient (Wildman–Crippen LogP) is 4.62. The third-order valence-corrected chi connectivity index (χ3v) is 3.92. The van der Waals surface area contributed by atoms with Crippen LogP contribution in [0.15, 0.2) is 72.8 Å². The van der Waals surface area contributed by atoms with Gasteiger partial charge in [-0.25, -0.2) is 0 Å². The van der Waals surface area contributed by atoms with Gasteiger partial charge in [-0.3, -0.25) is 4.79 Å². The van der Waals surface area contributed by atoms with Crippen molar-refractivity contribution < 1.29 is 14.3 Å². The van der Waals surface area contributed by atoms with Gasteiger partial charge in [0.2, 0.25) is 0 Å². The lowest BCUT2D eigenvalue weighted by atomic mass is 10.0. The van der Waals surface area contributed by atoms with E-state index >= 15 is 0 Å². The Morgan fingerprint density at radius 1 is 0.680 bits per heavy atom. The molecule has 0 aliphatic rings. The number of carbonyl (C=O) groups is 1. The first kappa shape index (κ1) is 16.6. The van der Waals surface area contributed by atoms with E-state index in [0.29, 0.717) is 5.56 Å². The summed E-state index contributed by atoms with van der Waals surface area (Å²) in [6.07, 6.45) is 0. The molecule has 1 N–H and O–H groups in total. The van der Waals surface area contributed by atoms with E-state index < -0.39 is 0 Å². The number of hydrogen-bond donors (Lipinski definition) is 1. The smallest absolute Gasteiger partial charge is 0.255 e. The van der Waals surface area contributed by atoms with Crippen molar-refractivity contribution in [3.63, 3.8) is 0 Å². The summed E-state index contributed by atoms with van der Waals surface area (Å²) < 4.78 is 10.3. The van der Waals surface area contributed by atoms with Crippen LogP contribution < -0.4 is 14.8 Å². The highest BCUT2D eigenvalue weighted by Gasteiger charge is 2.07. The Bertz CT molecular complexity index is 838. The molecule has 0 saturated carbocycles. The minimum absolute atomic E-state index is 0.147. The van der Waals surface area contributed by atoms with Gasteiger partial charge < -0.3 is 14.8 Å². The average molecular weight is 333 g/mol. The van der Waals surface area contributed by atoms with Crippen LogP contribution in [0.1, 0.15) is 10.4 Å². The molecule has 25 heavy (non-hydrogen) atoms. The van der Waals surface area contributed by atoms with Gasteiger partial charge in [-0.05, 0) is 59.7 Å². The second kappa shape index (κ2) is 7.53. The molecule has 126 valence electrons. The summed E-state index contributed by atoms with van der Waals surface area (Å²) in [5.41, 5.74) is 3.45. The fourth-order valence-corrected chi connectivity index (χ4v) is 2.48. The van der Waals surface area contributed by atoms with Crippen molar-refractivity contribution in [3.05, 3.63) is 78.4 Å². The summed E-state index contributed by atoms with van der Waals surface area (Å²) in [6.45, 7) is 0. The lowest BCUT2D eigenvalue weighted by molar-refractivity contribution is 0.102. The number of carbonyl (C=O) groups excluding carboxylic acids is 1. The first-order chi connectivity index (χ1) is 12.2. The van der Waals surface area contributed by atoms with Gasteiger partial charge in [0.25, 0.3) is 5.91 Å². The number of benzene rings is 3. The molecule has 0 aliphatic carbocycles. The number of ether oxygens (including phenoxy) is 2. The minimum atomic E-state index is -0.147. The van der Waals surface area contributed by atoms with E-state index in [1.807, 2.05) is 72.8 Å². The maximum absolute atomic E-state index is 12.3. The van der Waals surface area contributed by atoms with Crippen LogP contribution in [0.5, 0.6) is 11.5 Å². The van der Waals surface area contributed by atoms with Crippen LogP contribution in [-0.2, 0) is 0 Å². The number of rotatable bonds is 5. The molecule has 3 aromatic rings. The Balaban J connectivity index is 1.71. The van der Waals surface area contributed by atoms with Crippen LogP contribution >= 0.6 is 0 Å². The van der Waals surface area contributed by atoms with E-state index in [2.05, 4.69) is 5.32 Å². The van der Waals surface area contributed by atoms with E-state index in [1.165, 1.54) is 0 Å². The van der Waals surface area contributed by atoms with Gasteiger partial charge in [-0.2, -0.15) is 0 Å². The molecular weight excluding hydrogens is 314 g/mol. The Labute approximate surface area is 147 Å². The second-order valence-electron chi connectivity index (χ2n) is 5.49. The van der Waals surface area contributed by atoms with Crippen LogP contribution in [-0.4, -0.2) is 20.1 Å². The largest absolute Gasteiger partial charge is 0.497 e. The predicted molar refractivity (Wildman–Crippen MR) is 99.4 cm³/mol. The molecule has 0 bridgehead atoms. The maximum atomic E-state index is 12.3. The van der Waals surface area contributed by atoms with Crippen molar-refractivity contribution in [2.45, 2.75) is 0 Å². The van der Waals surface area contributed by atoms with Crippen LogP contribution in [0.2, 0.25) is 0 Å². The summed E-state index contributed by atoms with van der Waals surface area (Å²) in [7, 11) is 3.25. The fourth-order valence-electron chi connectivity index (χ4n) is 2.48. The van der Waals surface area contributed by atoms with Crippen molar-refractivity contribution in [1.29, 1.82) is 0 Å². The van der Waals surface area contributed by atoms with Crippen molar-refractivity contribution in [2.24, 2.45) is 0 Å². The van der Waals surface area contributed by atoms with Gasteiger partial charge in [0.15, 0.2) is 0 Å². The molecule has 0 radical (unpaired) electrons. The number of nitrogens with one attached hydrogen (secondary N) is 1. The number of amides is 1. The van der Waals surface area contributed by atoms with Gasteiger partial charge in [0.1, 0.15) is 11.5 Å². The lowest BCUT2D eigenvalue weighted by Crippen LogP contribution is -2.11. The van der Waals surface area contributed by atoms with E-state index in [4.69, 9.17) is 9.47 Å². The molecule has 4 nitrogen and oxygen atoms in total. The number of anilines is 1. The highest BCUT2D eigenvalue weighted by Crippen LogP contribution is 2.23. The Morgan fingerprint density at radius 2 is 1.12 bits per heavy atom. The van der Waals surface area contributed by atoms with Gasteiger partial charge in [0, 0.05) is 11.3 Å². The summed E-state index contributed by atoms with van der Waals surface area (Å²) in [4.78, 5) is 12.3. The van der Waals surface area contributed by atoms with Crippen molar-refractivity contribution in [2.75, 3.05) is 19.5 Å².